The second kappa shape index (κ2) is 6.77. The van der Waals surface area contributed by atoms with Gasteiger partial charge < -0.3 is 10.1 Å². The number of hydrogen-bond acceptors (Lipinski definition) is 2. The lowest BCUT2D eigenvalue weighted by Gasteiger charge is -2.17. The maximum Gasteiger partial charge on any atom is 0.131 e. The maximum absolute atomic E-state index is 6.25. The Labute approximate surface area is 128 Å². The Balaban J connectivity index is 2.40. The Hall–Kier alpha value is -1.80. The van der Waals surface area contributed by atoms with Crippen molar-refractivity contribution < 1.29 is 4.74 Å². The molecule has 0 bridgehead atoms. The Kier molecular flexibility index (Phi) is 5.03. The van der Waals surface area contributed by atoms with Gasteiger partial charge in [0.25, 0.3) is 0 Å². The van der Waals surface area contributed by atoms with E-state index in [2.05, 4.69) is 69.4 Å². The largest absolute Gasteiger partial charge is 0.457 e. The van der Waals surface area contributed by atoms with Gasteiger partial charge in [-0.15, -0.1) is 0 Å². The first-order valence-electron chi connectivity index (χ1n) is 7.53. The standard InChI is InChI=1S/C19H25NO/c1-13(2)17-8-6-15(4)11-19(17)21-18-9-7-14(3)10-16(18)12-20-5/h6-11,13,20H,12H2,1-5H3. The van der Waals surface area contributed by atoms with Crippen molar-refractivity contribution in [2.75, 3.05) is 7.05 Å². The maximum atomic E-state index is 6.25. The predicted molar refractivity (Wildman–Crippen MR) is 89.3 cm³/mol. The van der Waals surface area contributed by atoms with Crippen LogP contribution in [0.4, 0.5) is 0 Å². The SMILES string of the molecule is CNCc1cc(C)ccc1Oc1cc(C)ccc1C(C)C. The summed E-state index contributed by atoms with van der Waals surface area (Å²) in [5.41, 5.74) is 4.91. The van der Waals surface area contributed by atoms with Crippen molar-refractivity contribution in [3.63, 3.8) is 0 Å². The normalized spacial score (nSPS) is 11.0. The van der Waals surface area contributed by atoms with Crippen LogP contribution in [0.1, 0.15) is 42.0 Å². The first-order chi connectivity index (χ1) is 10.0. The van der Waals surface area contributed by atoms with Crippen LogP contribution in [0.3, 0.4) is 0 Å². The third-order valence-corrected chi connectivity index (χ3v) is 3.59. The van der Waals surface area contributed by atoms with Crippen molar-refractivity contribution >= 4 is 0 Å². The lowest BCUT2D eigenvalue weighted by molar-refractivity contribution is 0.465. The molecule has 0 spiro atoms. The van der Waals surface area contributed by atoms with E-state index in [1.54, 1.807) is 0 Å². The minimum Gasteiger partial charge on any atom is -0.457 e. The van der Waals surface area contributed by atoms with Crippen molar-refractivity contribution in [3.8, 4) is 11.5 Å². The summed E-state index contributed by atoms with van der Waals surface area (Å²) in [5, 5.41) is 3.21. The third-order valence-electron chi connectivity index (χ3n) is 3.59. The van der Waals surface area contributed by atoms with Crippen LogP contribution in [0.5, 0.6) is 11.5 Å². The number of aryl methyl sites for hydroxylation is 2. The first kappa shape index (κ1) is 15.6. The van der Waals surface area contributed by atoms with E-state index in [9.17, 15) is 0 Å². The van der Waals surface area contributed by atoms with Gasteiger partial charge in [0.2, 0.25) is 0 Å². The molecular formula is C19H25NO. The third kappa shape index (κ3) is 3.85. The van der Waals surface area contributed by atoms with Gasteiger partial charge >= 0.3 is 0 Å². The fraction of sp³-hybridized carbons (Fsp3) is 0.368. The molecule has 0 fully saturated rings. The molecule has 2 rings (SSSR count). The van der Waals surface area contributed by atoms with Crippen molar-refractivity contribution in [1.82, 2.24) is 5.32 Å². The number of hydrogen-bond donors (Lipinski definition) is 1. The van der Waals surface area contributed by atoms with Crippen LogP contribution in [0, 0.1) is 13.8 Å². The zero-order chi connectivity index (χ0) is 15.4. The molecule has 2 aromatic rings. The summed E-state index contributed by atoms with van der Waals surface area (Å²) >= 11 is 0. The van der Waals surface area contributed by atoms with Gasteiger partial charge in [-0.05, 0) is 50.1 Å². The molecule has 0 heterocycles. The smallest absolute Gasteiger partial charge is 0.131 e. The summed E-state index contributed by atoms with van der Waals surface area (Å²) in [4.78, 5) is 0. The molecule has 2 aromatic carbocycles. The van der Waals surface area contributed by atoms with Gasteiger partial charge in [-0.25, -0.2) is 0 Å². The molecule has 0 atom stereocenters. The van der Waals surface area contributed by atoms with Gasteiger partial charge in [-0.3, -0.25) is 0 Å². The van der Waals surface area contributed by atoms with E-state index in [1.807, 2.05) is 7.05 Å². The lowest BCUT2D eigenvalue weighted by Crippen LogP contribution is -2.07. The summed E-state index contributed by atoms with van der Waals surface area (Å²) < 4.78 is 6.25. The molecule has 0 aliphatic rings. The van der Waals surface area contributed by atoms with E-state index in [4.69, 9.17) is 4.74 Å². The Morgan fingerprint density at radius 1 is 0.952 bits per heavy atom. The number of rotatable bonds is 5. The van der Waals surface area contributed by atoms with E-state index in [0.29, 0.717) is 5.92 Å². The van der Waals surface area contributed by atoms with Crippen LogP contribution in [0.25, 0.3) is 0 Å². The zero-order valence-corrected chi connectivity index (χ0v) is 13.7. The summed E-state index contributed by atoms with van der Waals surface area (Å²) in [7, 11) is 1.96. The van der Waals surface area contributed by atoms with Crippen molar-refractivity contribution in [1.29, 1.82) is 0 Å². The van der Waals surface area contributed by atoms with Crippen LogP contribution in [-0.2, 0) is 6.54 Å². The van der Waals surface area contributed by atoms with Crippen LogP contribution < -0.4 is 10.1 Å². The second-order valence-corrected chi connectivity index (χ2v) is 5.94. The minimum atomic E-state index is 0.443. The van der Waals surface area contributed by atoms with Crippen molar-refractivity contribution in [2.24, 2.45) is 0 Å². The topological polar surface area (TPSA) is 21.3 Å². The summed E-state index contributed by atoms with van der Waals surface area (Å²) in [6.45, 7) is 9.40. The zero-order valence-electron chi connectivity index (χ0n) is 13.7. The van der Waals surface area contributed by atoms with Gasteiger partial charge in [-0.2, -0.15) is 0 Å². The Morgan fingerprint density at radius 3 is 2.29 bits per heavy atom. The van der Waals surface area contributed by atoms with Crippen molar-refractivity contribution in [2.45, 2.75) is 40.2 Å². The van der Waals surface area contributed by atoms with Crippen LogP contribution >= 0.6 is 0 Å². The van der Waals surface area contributed by atoms with E-state index in [0.717, 1.165) is 18.0 Å². The Morgan fingerprint density at radius 2 is 1.62 bits per heavy atom. The Bertz CT molecular complexity index is 617. The highest BCUT2D eigenvalue weighted by Crippen LogP contribution is 2.33. The molecule has 0 amide bonds. The molecule has 0 aromatic heterocycles. The summed E-state index contributed by atoms with van der Waals surface area (Å²) in [6, 6.07) is 12.8. The van der Waals surface area contributed by atoms with Gasteiger partial charge in [0, 0.05) is 12.1 Å². The van der Waals surface area contributed by atoms with E-state index < -0.39 is 0 Å². The summed E-state index contributed by atoms with van der Waals surface area (Å²) in [6.07, 6.45) is 0. The molecule has 0 aliphatic heterocycles. The average molecular weight is 283 g/mol. The molecule has 0 unspecified atom stereocenters. The monoisotopic (exact) mass is 283 g/mol. The molecule has 0 saturated carbocycles. The number of nitrogens with one attached hydrogen (secondary N) is 1. The highest BCUT2D eigenvalue weighted by Gasteiger charge is 2.11. The highest BCUT2D eigenvalue weighted by atomic mass is 16.5. The first-order valence-corrected chi connectivity index (χ1v) is 7.53. The van der Waals surface area contributed by atoms with Crippen LogP contribution in [-0.4, -0.2) is 7.05 Å². The second-order valence-electron chi connectivity index (χ2n) is 5.94. The molecule has 0 aliphatic carbocycles. The molecule has 0 saturated heterocycles. The van der Waals surface area contributed by atoms with E-state index in [1.165, 1.54) is 22.3 Å². The van der Waals surface area contributed by atoms with Crippen LogP contribution in [0.2, 0.25) is 0 Å². The molecule has 1 N–H and O–H groups in total. The van der Waals surface area contributed by atoms with Gasteiger partial charge in [0.05, 0.1) is 0 Å². The number of benzene rings is 2. The molecule has 2 nitrogen and oxygen atoms in total. The highest BCUT2D eigenvalue weighted by molar-refractivity contribution is 5.45. The summed E-state index contributed by atoms with van der Waals surface area (Å²) in [5.74, 6) is 2.34. The minimum absolute atomic E-state index is 0.443. The van der Waals surface area contributed by atoms with Crippen molar-refractivity contribution in [3.05, 3.63) is 58.7 Å². The van der Waals surface area contributed by atoms with E-state index >= 15 is 0 Å². The molecule has 21 heavy (non-hydrogen) atoms. The molecule has 112 valence electrons. The van der Waals surface area contributed by atoms with Crippen LogP contribution in [0.15, 0.2) is 36.4 Å². The predicted octanol–water partition coefficient (Wildman–Crippen LogP) is 4.94. The van der Waals surface area contributed by atoms with E-state index in [-0.39, 0.29) is 0 Å². The van der Waals surface area contributed by atoms with Gasteiger partial charge in [0.15, 0.2) is 0 Å². The fourth-order valence-corrected chi connectivity index (χ4v) is 2.46. The number of ether oxygens (including phenoxy) is 1. The fourth-order valence-electron chi connectivity index (χ4n) is 2.46. The average Bonchev–Trinajstić information content (AvgIpc) is 2.42. The molecular weight excluding hydrogens is 258 g/mol. The molecule has 0 radical (unpaired) electrons. The van der Waals surface area contributed by atoms with Gasteiger partial charge in [-0.1, -0.05) is 43.7 Å². The quantitative estimate of drug-likeness (QED) is 0.839. The van der Waals surface area contributed by atoms with Gasteiger partial charge in [0.1, 0.15) is 11.5 Å². The molecule has 2 heteroatoms. The lowest BCUT2D eigenvalue weighted by atomic mass is 10.0.